The average Bonchev–Trinajstić information content (AvgIpc) is 2.05. The molecule has 0 aromatic rings. The molecular formula is C9H17NO. The normalized spacial score (nSPS) is 23.5. The van der Waals surface area contributed by atoms with Gasteiger partial charge in [0.2, 0.25) is 0 Å². The minimum atomic E-state index is -0.127. The summed E-state index contributed by atoms with van der Waals surface area (Å²) in [6.45, 7) is 0. The van der Waals surface area contributed by atoms with Crippen molar-refractivity contribution in [1.29, 1.82) is 0 Å². The summed E-state index contributed by atoms with van der Waals surface area (Å²) in [5.74, 6) is 0. The van der Waals surface area contributed by atoms with Crippen molar-refractivity contribution in [2.45, 2.75) is 37.6 Å². The molecular weight excluding hydrogens is 138 g/mol. The molecule has 1 saturated carbocycles. The summed E-state index contributed by atoms with van der Waals surface area (Å²) in [7, 11) is 4.00. The van der Waals surface area contributed by atoms with Crippen LogP contribution in [-0.2, 0) is 4.79 Å². The summed E-state index contributed by atoms with van der Waals surface area (Å²) in [6, 6.07) is 0. The van der Waals surface area contributed by atoms with Gasteiger partial charge in [0.05, 0.1) is 5.54 Å². The highest BCUT2D eigenvalue weighted by Crippen LogP contribution is 2.29. The van der Waals surface area contributed by atoms with E-state index in [4.69, 9.17) is 0 Å². The molecule has 1 aliphatic carbocycles. The Labute approximate surface area is 68.6 Å². The van der Waals surface area contributed by atoms with Gasteiger partial charge in [0.15, 0.2) is 0 Å². The SMILES string of the molecule is CN(C)C1(C=O)CCCCC1. The Bertz CT molecular complexity index is 136. The molecule has 0 unspecified atom stereocenters. The van der Waals surface area contributed by atoms with Gasteiger partial charge < -0.3 is 4.79 Å². The average molecular weight is 155 g/mol. The number of carbonyl (C=O) groups excluding carboxylic acids is 1. The molecule has 64 valence electrons. The highest BCUT2D eigenvalue weighted by atomic mass is 16.1. The number of hydrogen-bond donors (Lipinski definition) is 0. The molecule has 0 saturated heterocycles. The molecule has 0 aromatic carbocycles. The molecule has 0 heterocycles. The van der Waals surface area contributed by atoms with Crippen LogP contribution in [0.5, 0.6) is 0 Å². The zero-order valence-electron chi connectivity index (χ0n) is 7.47. The molecule has 2 heteroatoms. The Morgan fingerprint density at radius 2 is 1.73 bits per heavy atom. The molecule has 0 spiro atoms. The second-order valence-corrected chi connectivity index (χ2v) is 3.68. The number of rotatable bonds is 2. The fraction of sp³-hybridized carbons (Fsp3) is 0.889. The molecule has 0 atom stereocenters. The highest BCUT2D eigenvalue weighted by Gasteiger charge is 2.33. The van der Waals surface area contributed by atoms with Crippen LogP contribution in [0.2, 0.25) is 0 Å². The number of aldehydes is 1. The monoisotopic (exact) mass is 155 g/mol. The Balaban J connectivity index is 2.64. The van der Waals surface area contributed by atoms with Crippen LogP contribution in [0.1, 0.15) is 32.1 Å². The predicted octanol–water partition coefficient (Wildman–Crippen LogP) is 1.45. The summed E-state index contributed by atoms with van der Waals surface area (Å²) in [4.78, 5) is 13.0. The Hall–Kier alpha value is -0.370. The lowest BCUT2D eigenvalue weighted by molar-refractivity contribution is -0.119. The van der Waals surface area contributed by atoms with E-state index in [1.807, 2.05) is 14.1 Å². The smallest absolute Gasteiger partial charge is 0.140 e. The first-order valence-electron chi connectivity index (χ1n) is 4.35. The van der Waals surface area contributed by atoms with Crippen LogP contribution < -0.4 is 0 Å². The fourth-order valence-electron chi connectivity index (χ4n) is 1.83. The van der Waals surface area contributed by atoms with Gasteiger partial charge >= 0.3 is 0 Å². The molecule has 0 aliphatic heterocycles. The lowest BCUT2D eigenvalue weighted by Gasteiger charge is -2.37. The van der Waals surface area contributed by atoms with Crippen molar-refractivity contribution in [2.75, 3.05) is 14.1 Å². The third-order valence-corrected chi connectivity index (χ3v) is 2.83. The molecule has 2 nitrogen and oxygen atoms in total. The largest absolute Gasteiger partial charge is 0.301 e. The maximum atomic E-state index is 10.9. The van der Waals surface area contributed by atoms with Crippen molar-refractivity contribution in [3.05, 3.63) is 0 Å². The fourth-order valence-corrected chi connectivity index (χ4v) is 1.83. The second kappa shape index (κ2) is 3.35. The number of nitrogens with zero attached hydrogens (tertiary/aromatic N) is 1. The third-order valence-electron chi connectivity index (χ3n) is 2.83. The van der Waals surface area contributed by atoms with E-state index < -0.39 is 0 Å². The first-order chi connectivity index (χ1) is 5.21. The minimum absolute atomic E-state index is 0.127. The standard InChI is InChI=1S/C9H17NO/c1-10(2)9(8-11)6-4-3-5-7-9/h8H,3-7H2,1-2H3. The van der Waals surface area contributed by atoms with Crippen LogP contribution in [0.3, 0.4) is 0 Å². The summed E-state index contributed by atoms with van der Waals surface area (Å²) in [5.41, 5.74) is -0.127. The van der Waals surface area contributed by atoms with Gasteiger partial charge in [-0.3, -0.25) is 4.90 Å². The van der Waals surface area contributed by atoms with E-state index in [1.54, 1.807) is 0 Å². The van der Waals surface area contributed by atoms with Crippen LogP contribution in [0, 0.1) is 0 Å². The summed E-state index contributed by atoms with van der Waals surface area (Å²) >= 11 is 0. The summed E-state index contributed by atoms with van der Waals surface area (Å²) < 4.78 is 0. The number of likely N-dealkylation sites (N-methyl/N-ethyl adjacent to an activating group) is 1. The van der Waals surface area contributed by atoms with Gasteiger partial charge in [0, 0.05) is 0 Å². The van der Waals surface area contributed by atoms with Crippen molar-refractivity contribution in [2.24, 2.45) is 0 Å². The molecule has 0 bridgehead atoms. The number of hydrogen-bond acceptors (Lipinski definition) is 2. The van der Waals surface area contributed by atoms with E-state index in [9.17, 15) is 4.79 Å². The van der Waals surface area contributed by atoms with Gasteiger partial charge in [-0.05, 0) is 26.9 Å². The quantitative estimate of drug-likeness (QED) is 0.562. The van der Waals surface area contributed by atoms with Crippen LogP contribution in [-0.4, -0.2) is 30.8 Å². The molecule has 0 N–H and O–H groups in total. The summed E-state index contributed by atoms with van der Waals surface area (Å²) in [5, 5.41) is 0. The maximum absolute atomic E-state index is 10.9. The lowest BCUT2D eigenvalue weighted by atomic mass is 9.82. The highest BCUT2D eigenvalue weighted by molar-refractivity contribution is 5.64. The zero-order chi connectivity index (χ0) is 8.32. The van der Waals surface area contributed by atoms with Gasteiger partial charge in [0.1, 0.15) is 6.29 Å². The van der Waals surface area contributed by atoms with Gasteiger partial charge in [-0.1, -0.05) is 19.3 Å². The van der Waals surface area contributed by atoms with Crippen molar-refractivity contribution >= 4 is 6.29 Å². The van der Waals surface area contributed by atoms with Gasteiger partial charge in [0.25, 0.3) is 0 Å². The van der Waals surface area contributed by atoms with E-state index in [0.29, 0.717) is 0 Å². The molecule has 1 rings (SSSR count). The van der Waals surface area contributed by atoms with Crippen LogP contribution in [0.25, 0.3) is 0 Å². The molecule has 0 aromatic heterocycles. The van der Waals surface area contributed by atoms with Crippen LogP contribution in [0.15, 0.2) is 0 Å². The minimum Gasteiger partial charge on any atom is -0.301 e. The second-order valence-electron chi connectivity index (χ2n) is 3.68. The van der Waals surface area contributed by atoms with E-state index >= 15 is 0 Å². The van der Waals surface area contributed by atoms with Crippen molar-refractivity contribution in [3.8, 4) is 0 Å². The Kier molecular flexibility index (Phi) is 2.66. The van der Waals surface area contributed by atoms with Crippen molar-refractivity contribution < 1.29 is 4.79 Å². The molecule has 1 fully saturated rings. The van der Waals surface area contributed by atoms with E-state index in [1.165, 1.54) is 19.3 Å². The Morgan fingerprint density at radius 1 is 1.18 bits per heavy atom. The summed E-state index contributed by atoms with van der Waals surface area (Å²) in [6.07, 6.45) is 6.93. The third kappa shape index (κ3) is 1.62. The Morgan fingerprint density at radius 3 is 2.00 bits per heavy atom. The zero-order valence-corrected chi connectivity index (χ0v) is 7.47. The first-order valence-corrected chi connectivity index (χ1v) is 4.35. The molecule has 1 aliphatic rings. The maximum Gasteiger partial charge on any atom is 0.140 e. The number of carbonyl (C=O) groups is 1. The molecule has 11 heavy (non-hydrogen) atoms. The van der Waals surface area contributed by atoms with Gasteiger partial charge in [-0.15, -0.1) is 0 Å². The van der Waals surface area contributed by atoms with Crippen LogP contribution >= 0.6 is 0 Å². The topological polar surface area (TPSA) is 20.3 Å². The van der Waals surface area contributed by atoms with Gasteiger partial charge in [-0.25, -0.2) is 0 Å². The molecule has 0 radical (unpaired) electrons. The van der Waals surface area contributed by atoms with Crippen molar-refractivity contribution in [3.63, 3.8) is 0 Å². The van der Waals surface area contributed by atoms with Crippen molar-refractivity contribution in [1.82, 2.24) is 4.90 Å². The van der Waals surface area contributed by atoms with Gasteiger partial charge in [-0.2, -0.15) is 0 Å². The lowest BCUT2D eigenvalue weighted by Crippen LogP contribution is -2.47. The first kappa shape index (κ1) is 8.72. The van der Waals surface area contributed by atoms with Crippen LogP contribution in [0.4, 0.5) is 0 Å². The molecule has 0 amide bonds. The van der Waals surface area contributed by atoms with E-state index in [2.05, 4.69) is 4.90 Å². The predicted molar refractivity (Wildman–Crippen MR) is 45.6 cm³/mol. The van der Waals surface area contributed by atoms with E-state index in [-0.39, 0.29) is 5.54 Å². The van der Waals surface area contributed by atoms with E-state index in [0.717, 1.165) is 19.1 Å².